The van der Waals surface area contributed by atoms with Crippen molar-refractivity contribution in [2.24, 2.45) is 5.92 Å². The van der Waals surface area contributed by atoms with Crippen LogP contribution in [0.2, 0.25) is 0 Å². The van der Waals surface area contributed by atoms with Gasteiger partial charge in [-0.15, -0.1) is 0 Å². The van der Waals surface area contributed by atoms with E-state index in [0.717, 1.165) is 24.9 Å². The first kappa shape index (κ1) is 19.9. The van der Waals surface area contributed by atoms with Crippen LogP contribution in [-0.4, -0.2) is 46.8 Å². The monoisotopic (exact) mass is 343 g/mol. The van der Waals surface area contributed by atoms with Crippen LogP contribution in [0.15, 0.2) is 24.3 Å². The quantitative estimate of drug-likeness (QED) is 0.645. The number of hydrogen-bond acceptors (Lipinski definition) is 5. The first-order chi connectivity index (χ1) is 10.7. The van der Waals surface area contributed by atoms with E-state index < -0.39 is 15.7 Å². The van der Waals surface area contributed by atoms with Crippen molar-refractivity contribution < 1.29 is 17.3 Å². The van der Waals surface area contributed by atoms with Crippen LogP contribution in [-0.2, 0) is 19.9 Å². The van der Waals surface area contributed by atoms with E-state index in [1.54, 1.807) is 7.11 Å². The molecule has 0 unspecified atom stereocenters. The number of ether oxygens (including phenoxy) is 1. The van der Waals surface area contributed by atoms with Crippen LogP contribution >= 0.6 is 0 Å². The number of rotatable bonds is 9. The van der Waals surface area contributed by atoms with Crippen molar-refractivity contribution in [2.75, 3.05) is 33.5 Å². The van der Waals surface area contributed by atoms with Gasteiger partial charge in [-0.25, -0.2) is 0 Å². The van der Waals surface area contributed by atoms with Crippen LogP contribution in [0.5, 0.6) is 5.75 Å². The minimum absolute atomic E-state index is 0.0146. The van der Waals surface area contributed by atoms with Crippen molar-refractivity contribution in [2.45, 2.75) is 32.8 Å². The van der Waals surface area contributed by atoms with E-state index >= 15 is 0 Å². The lowest BCUT2D eigenvalue weighted by atomic mass is 9.80. The van der Waals surface area contributed by atoms with Crippen molar-refractivity contribution in [3.05, 3.63) is 29.8 Å². The van der Waals surface area contributed by atoms with Gasteiger partial charge in [0, 0.05) is 12.5 Å². The Balaban J connectivity index is 3.38. The molecular formula is C17H29NO4S. The maximum Gasteiger partial charge on any atom is 0.265 e. The minimum Gasteiger partial charge on any atom is -0.497 e. The summed E-state index contributed by atoms with van der Waals surface area (Å²) >= 11 is 0. The molecule has 1 aromatic carbocycles. The number of benzene rings is 1. The summed E-state index contributed by atoms with van der Waals surface area (Å²) in [6.07, 6.45) is 1.65. The highest BCUT2D eigenvalue weighted by Crippen LogP contribution is 2.40. The third-order valence-corrected chi connectivity index (χ3v) is 4.91. The molecule has 1 rings (SSSR count). The largest absolute Gasteiger partial charge is 0.497 e. The lowest BCUT2D eigenvalue weighted by Crippen LogP contribution is -2.43. The van der Waals surface area contributed by atoms with E-state index in [0.29, 0.717) is 12.2 Å². The molecule has 0 heterocycles. The molecular weight excluding hydrogens is 314 g/mol. The Bertz CT molecular complexity index is 602. The number of nitrogens with zero attached hydrogens (tertiary/aromatic N) is 1. The Kier molecular flexibility index (Phi) is 7.04. The summed E-state index contributed by atoms with van der Waals surface area (Å²) < 4.78 is 34.8. The molecule has 0 aliphatic carbocycles. The Morgan fingerprint density at radius 2 is 1.96 bits per heavy atom. The van der Waals surface area contributed by atoms with Gasteiger partial charge in [-0.3, -0.25) is 4.18 Å². The fourth-order valence-corrected chi connectivity index (χ4v) is 3.85. The average molecular weight is 343 g/mol. The Morgan fingerprint density at radius 3 is 2.43 bits per heavy atom. The molecule has 0 aliphatic heterocycles. The molecule has 0 radical (unpaired) electrons. The van der Waals surface area contributed by atoms with Crippen molar-refractivity contribution in [3.8, 4) is 5.75 Å². The first-order valence-corrected chi connectivity index (χ1v) is 9.73. The zero-order chi connectivity index (χ0) is 17.7. The molecule has 0 spiro atoms. The molecule has 0 bridgehead atoms. The molecule has 132 valence electrons. The molecule has 0 amide bonds. The second kappa shape index (κ2) is 8.13. The van der Waals surface area contributed by atoms with Crippen molar-refractivity contribution in [1.82, 2.24) is 4.90 Å². The molecule has 0 saturated heterocycles. The summed E-state index contributed by atoms with van der Waals surface area (Å²) in [7, 11) is 0.00403. The molecule has 1 aromatic rings. The van der Waals surface area contributed by atoms with Crippen LogP contribution < -0.4 is 4.74 Å². The predicted octanol–water partition coefficient (Wildman–Crippen LogP) is 2.86. The molecule has 2 atom stereocenters. The van der Waals surface area contributed by atoms with Gasteiger partial charge < -0.3 is 9.64 Å². The van der Waals surface area contributed by atoms with Gasteiger partial charge >= 0.3 is 0 Å². The smallest absolute Gasteiger partial charge is 0.265 e. The van der Waals surface area contributed by atoms with Gasteiger partial charge in [0.15, 0.2) is 0 Å². The predicted molar refractivity (Wildman–Crippen MR) is 93.2 cm³/mol. The van der Waals surface area contributed by atoms with Gasteiger partial charge in [0.05, 0.1) is 13.4 Å². The maximum atomic E-state index is 11.9. The van der Waals surface area contributed by atoms with Crippen molar-refractivity contribution >= 4 is 10.1 Å². The summed E-state index contributed by atoms with van der Waals surface area (Å²) in [5, 5.41) is 0. The van der Waals surface area contributed by atoms with E-state index in [-0.39, 0.29) is 5.92 Å². The van der Waals surface area contributed by atoms with E-state index in [1.165, 1.54) is 0 Å². The third kappa shape index (κ3) is 5.19. The fraction of sp³-hybridized carbons (Fsp3) is 0.647. The summed E-state index contributed by atoms with van der Waals surface area (Å²) in [4.78, 5) is 2.15. The fourth-order valence-electron chi connectivity index (χ4n) is 2.93. The molecule has 0 aliphatic rings. The lowest BCUT2D eigenvalue weighted by Gasteiger charge is -2.39. The molecule has 0 fully saturated rings. The molecule has 0 aromatic heterocycles. The van der Waals surface area contributed by atoms with Gasteiger partial charge in [0.2, 0.25) is 0 Å². The normalized spacial score (nSPS) is 16.1. The second-order valence-corrected chi connectivity index (χ2v) is 7.59. The topological polar surface area (TPSA) is 55.8 Å². The minimum atomic E-state index is -3.61. The third-order valence-electron chi connectivity index (χ3n) is 4.31. The summed E-state index contributed by atoms with van der Waals surface area (Å²) in [5.41, 5.74) is -0.0901. The zero-order valence-electron chi connectivity index (χ0n) is 15.0. The Hall–Kier alpha value is -1.11. The van der Waals surface area contributed by atoms with E-state index in [9.17, 15) is 8.42 Å². The van der Waals surface area contributed by atoms with E-state index in [4.69, 9.17) is 8.92 Å². The van der Waals surface area contributed by atoms with Crippen LogP contribution in [0, 0.1) is 5.92 Å². The van der Waals surface area contributed by atoms with Crippen LogP contribution in [0.1, 0.15) is 32.8 Å². The first-order valence-electron chi connectivity index (χ1n) is 7.92. The average Bonchev–Trinajstić information content (AvgIpc) is 2.51. The Morgan fingerprint density at radius 1 is 1.30 bits per heavy atom. The van der Waals surface area contributed by atoms with Gasteiger partial charge in [0.1, 0.15) is 11.4 Å². The van der Waals surface area contributed by atoms with Crippen LogP contribution in [0.25, 0.3) is 0 Å². The lowest BCUT2D eigenvalue weighted by molar-refractivity contribution is 0.00144. The van der Waals surface area contributed by atoms with Crippen molar-refractivity contribution in [3.63, 3.8) is 0 Å². The van der Waals surface area contributed by atoms with Crippen LogP contribution in [0.4, 0.5) is 0 Å². The number of hydrogen-bond donors (Lipinski definition) is 0. The highest BCUT2D eigenvalue weighted by Gasteiger charge is 2.41. The molecule has 0 saturated carbocycles. The van der Waals surface area contributed by atoms with Crippen molar-refractivity contribution in [1.29, 1.82) is 0 Å². The molecule has 6 heteroatoms. The summed E-state index contributed by atoms with van der Waals surface area (Å²) in [5.74, 6) is 0.674. The molecule has 5 nitrogen and oxygen atoms in total. The zero-order valence-corrected chi connectivity index (χ0v) is 15.8. The summed E-state index contributed by atoms with van der Waals surface area (Å²) in [6, 6.07) is 7.46. The summed E-state index contributed by atoms with van der Waals surface area (Å²) in [6.45, 7) is 7.68. The SMILES string of the molecule is CCN(C)C[C@H](C)[C@@](CC)(OS(C)(=O)=O)c1cccc(OC)c1. The van der Waals surface area contributed by atoms with Gasteiger partial charge in [-0.05, 0) is 37.7 Å². The van der Waals surface area contributed by atoms with Gasteiger partial charge in [-0.2, -0.15) is 8.42 Å². The molecule has 23 heavy (non-hydrogen) atoms. The van der Waals surface area contributed by atoms with Gasteiger partial charge in [-0.1, -0.05) is 32.9 Å². The van der Waals surface area contributed by atoms with Crippen LogP contribution in [0.3, 0.4) is 0 Å². The molecule has 0 N–H and O–H groups in total. The highest BCUT2D eigenvalue weighted by atomic mass is 32.2. The van der Waals surface area contributed by atoms with E-state index in [1.807, 2.05) is 45.2 Å². The van der Waals surface area contributed by atoms with E-state index in [2.05, 4.69) is 11.8 Å². The highest BCUT2D eigenvalue weighted by molar-refractivity contribution is 7.86. The maximum absolute atomic E-state index is 11.9. The van der Waals surface area contributed by atoms with Gasteiger partial charge in [0.25, 0.3) is 10.1 Å². The number of methoxy groups -OCH3 is 1. The Labute approximate surface area is 140 Å². The standard InChI is InChI=1S/C17H29NO4S/c1-7-17(22-23(6,19)20,14(3)13-18(4)8-2)15-10-9-11-16(12-15)21-5/h9-12,14H,7-8,13H2,1-6H3/t14-,17+/m0/s1. The second-order valence-electron chi connectivity index (χ2n) is 6.02.